The van der Waals surface area contributed by atoms with E-state index < -0.39 is 5.41 Å². The Labute approximate surface area is 175 Å². The number of halogens is 1. The molecule has 4 rings (SSSR count). The van der Waals surface area contributed by atoms with Crippen LogP contribution in [0, 0.1) is 11.2 Å². The van der Waals surface area contributed by atoms with Gasteiger partial charge in [-0.3, -0.25) is 9.69 Å². The van der Waals surface area contributed by atoms with E-state index in [4.69, 9.17) is 5.73 Å². The molecule has 1 amide bonds. The molecule has 0 spiro atoms. The molecular weight excluding hydrogens is 379 g/mol. The molecule has 154 valence electrons. The Morgan fingerprint density at radius 1 is 1.10 bits per heavy atom. The average Bonchev–Trinajstić information content (AvgIpc) is 2.76. The lowest BCUT2D eigenvalue weighted by Gasteiger charge is -2.41. The summed E-state index contributed by atoms with van der Waals surface area (Å²) in [5.74, 6) is -0.518. The van der Waals surface area contributed by atoms with Gasteiger partial charge < -0.3 is 5.73 Å². The first-order valence-corrected chi connectivity index (χ1v) is 10.2. The topological polar surface area (TPSA) is 72.1 Å². The van der Waals surface area contributed by atoms with Crippen molar-refractivity contribution in [2.45, 2.75) is 25.8 Å². The van der Waals surface area contributed by atoms with E-state index in [1.165, 1.54) is 18.5 Å². The Morgan fingerprint density at radius 3 is 2.57 bits per heavy atom. The fourth-order valence-corrected chi connectivity index (χ4v) is 4.40. The lowest BCUT2D eigenvalue weighted by atomic mass is 9.73. The van der Waals surface area contributed by atoms with Crippen LogP contribution in [0.25, 0.3) is 11.1 Å². The highest BCUT2D eigenvalue weighted by Gasteiger charge is 2.41. The first-order chi connectivity index (χ1) is 14.6. The highest BCUT2D eigenvalue weighted by atomic mass is 19.1. The molecule has 3 aromatic rings. The number of amides is 1. The predicted molar refractivity (Wildman–Crippen MR) is 114 cm³/mol. The highest BCUT2D eigenvalue weighted by Crippen LogP contribution is 2.37. The van der Waals surface area contributed by atoms with Crippen molar-refractivity contribution in [3.05, 3.63) is 84.2 Å². The van der Waals surface area contributed by atoms with Crippen LogP contribution in [0.15, 0.2) is 67.3 Å². The molecule has 1 aliphatic rings. The molecule has 30 heavy (non-hydrogen) atoms. The molecule has 0 bridgehead atoms. The molecule has 6 heteroatoms. The van der Waals surface area contributed by atoms with Gasteiger partial charge in [-0.2, -0.15) is 0 Å². The van der Waals surface area contributed by atoms with Crippen LogP contribution in [0.5, 0.6) is 0 Å². The average molecular weight is 404 g/mol. The highest BCUT2D eigenvalue weighted by molar-refractivity contribution is 5.82. The van der Waals surface area contributed by atoms with Crippen molar-refractivity contribution in [1.29, 1.82) is 0 Å². The fourth-order valence-electron chi connectivity index (χ4n) is 4.40. The lowest BCUT2D eigenvalue weighted by Crippen LogP contribution is -2.51. The Hall–Kier alpha value is -3.12. The number of hydrogen-bond donors (Lipinski definition) is 1. The van der Waals surface area contributed by atoms with Crippen molar-refractivity contribution in [2.24, 2.45) is 11.1 Å². The zero-order valence-electron chi connectivity index (χ0n) is 16.8. The van der Waals surface area contributed by atoms with Crippen LogP contribution in [-0.4, -0.2) is 33.9 Å². The van der Waals surface area contributed by atoms with Gasteiger partial charge in [0, 0.05) is 31.0 Å². The molecule has 0 saturated carbocycles. The zero-order chi connectivity index (χ0) is 21.0. The van der Waals surface area contributed by atoms with E-state index in [0.717, 1.165) is 41.6 Å². The Morgan fingerprint density at radius 2 is 1.83 bits per heavy atom. The first-order valence-electron chi connectivity index (χ1n) is 10.2. The van der Waals surface area contributed by atoms with Crippen molar-refractivity contribution < 1.29 is 9.18 Å². The molecule has 1 aliphatic heterocycles. The van der Waals surface area contributed by atoms with E-state index in [1.807, 2.05) is 24.3 Å². The second kappa shape index (κ2) is 8.71. The van der Waals surface area contributed by atoms with Gasteiger partial charge >= 0.3 is 0 Å². The number of rotatable bonds is 6. The summed E-state index contributed by atoms with van der Waals surface area (Å²) in [5.41, 5.74) is 9.36. The molecule has 1 atom stereocenters. The number of nitrogens with zero attached hydrogens (tertiary/aromatic N) is 3. The number of carbonyl (C=O) groups excluding carboxylic acids is 1. The van der Waals surface area contributed by atoms with Gasteiger partial charge in [0.05, 0.1) is 5.41 Å². The van der Waals surface area contributed by atoms with Gasteiger partial charge in [-0.05, 0) is 54.6 Å². The van der Waals surface area contributed by atoms with Gasteiger partial charge in [0.1, 0.15) is 12.1 Å². The van der Waals surface area contributed by atoms with Crippen molar-refractivity contribution in [1.82, 2.24) is 14.9 Å². The maximum Gasteiger partial charge on any atom is 0.225 e. The molecule has 1 aromatic heterocycles. The van der Waals surface area contributed by atoms with Gasteiger partial charge in [-0.25, -0.2) is 14.4 Å². The Bertz CT molecular complexity index is 1010. The second-order valence-corrected chi connectivity index (χ2v) is 8.05. The third-order valence-corrected chi connectivity index (χ3v) is 5.92. The monoisotopic (exact) mass is 404 g/mol. The lowest BCUT2D eigenvalue weighted by molar-refractivity contribution is -0.131. The van der Waals surface area contributed by atoms with Crippen LogP contribution in [-0.2, 0) is 17.8 Å². The number of aromatic nitrogens is 2. The summed E-state index contributed by atoms with van der Waals surface area (Å²) >= 11 is 0. The minimum atomic E-state index is -0.649. The Balaban J connectivity index is 1.59. The van der Waals surface area contributed by atoms with Gasteiger partial charge in [0.2, 0.25) is 5.91 Å². The zero-order valence-corrected chi connectivity index (χ0v) is 16.8. The molecule has 0 radical (unpaired) electrons. The van der Waals surface area contributed by atoms with E-state index in [0.29, 0.717) is 19.5 Å². The molecular formula is C24H25FN4O. The van der Waals surface area contributed by atoms with Crippen LogP contribution in [0.3, 0.4) is 0 Å². The summed E-state index contributed by atoms with van der Waals surface area (Å²) in [4.78, 5) is 23.2. The molecule has 0 aliphatic carbocycles. The SMILES string of the molecule is NC(=O)[C@@]1(Cc2ccccc2-c2cncnc2)CCCN(Cc2ccc(F)cc2)C1. The largest absolute Gasteiger partial charge is 0.369 e. The number of nitrogens with two attached hydrogens (primary N) is 1. The van der Waals surface area contributed by atoms with Gasteiger partial charge in [0.25, 0.3) is 0 Å². The summed E-state index contributed by atoms with van der Waals surface area (Å²) in [7, 11) is 0. The molecule has 2 aromatic carbocycles. The predicted octanol–water partition coefficient (Wildman–Crippen LogP) is 3.59. The van der Waals surface area contributed by atoms with Crippen LogP contribution in [0.2, 0.25) is 0 Å². The molecule has 2 heterocycles. The number of benzene rings is 2. The second-order valence-electron chi connectivity index (χ2n) is 8.05. The number of likely N-dealkylation sites (tertiary alicyclic amines) is 1. The van der Waals surface area contributed by atoms with Crippen LogP contribution in [0.4, 0.5) is 4.39 Å². The minimum Gasteiger partial charge on any atom is -0.369 e. The number of primary amides is 1. The van der Waals surface area contributed by atoms with Crippen molar-refractivity contribution in [2.75, 3.05) is 13.1 Å². The summed E-state index contributed by atoms with van der Waals surface area (Å²) < 4.78 is 13.2. The minimum absolute atomic E-state index is 0.245. The fraction of sp³-hybridized carbons (Fsp3) is 0.292. The van der Waals surface area contributed by atoms with Crippen molar-refractivity contribution >= 4 is 5.91 Å². The van der Waals surface area contributed by atoms with E-state index in [2.05, 4.69) is 14.9 Å². The third-order valence-electron chi connectivity index (χ3n) is 5.92. The van der Waals surface area contributed by atoms with E-state index in [1.54, 1.807) is 24.5 Å². The first kappa shape index (κ1) is 20.2. The summed E-state index contributed by atoms with van der Waals surface area (Å²) in [6.07, 6.45) is 7.27. The van der Waals surface area contributed by atoms with E-state index >= 15 is 0 Å². The van der Waals surface area contributed by atoms with Gasteiger partial charge in [-0.1, -0.05) is 36.4 Å². The number of hydrogen-bond acceptors (Lipinski definition) is 4. The van der Waals surface area contributed by atoms with Crippen LogP contribution < -0.4 is 5.73 Å². The van der Waals surface area contributed by atoms with Crippen molar-refractivity contribution in [3.63, 3.8) is 0 Å². The maximum atomic E-state index is 13.2. The van der Waals surface area contributed by atoms with Crippen LogP contribution in [0.1, 0.15) is 24.0 Å². The van der Waals surface area contributed by atoms with E-state index in [9.17, 15) is 9.18 Å². The van der Waals surface area contributed by atoms with Gasteiger partial charge in [0.15, 0.2) is 0 Å². The molecule has 1 saturated heterocycles. The standard InChI is InChI=1S/C24H25FN4O/c25-21-8-6-18(7-9-21)15-29-11-3-10-24(16-29,23(26)30)12-19-4-1-2-5-22(19)20-13-27-17-28-14-20/h1-2,4-9,13-14,17H,3,10-12,15-16H2,(H2,26,30)/t24-/m1/s1. The van der Waals surface area contributed by atoms with Gasteiger partial charge in [-0.15, -0.1) is 0 Å². The molecule has 1 fully saturated rings. The summed E-state index contributed by atoms with van der Waals surface area (Å²) in [6, 6.07) is 14.6. The van der Waals surface area contributed by atoms with Crippen LogP contribution >= 0.6 is 0 Å². The summed E-state index contributed by atoms with van der Waals surface area (Å²) in [5, 5.41) is 0. The number of carbonyl (C=O) groups is 1. The summed E-state index contributed by atoms with van der Waals surface area (Å²) in [6.45, 7) is 2.14. The normalized spacial score (nSPS) is 19.5. The molecule has 2 N–H and O–H groups in total. The van der Waals surface area contributed by atoms with Crippen molar-refractivity contribution in [3.8, 4) is 11.1 Å². The molecule has 5 nitrogen and oxygen atoms in total. The molecule has 0 unspecified atom stereocenters. The number of piperidine rings is 1. The van der Waals surface area contributed by atoms with E-state index in [-0.39, 0.29) is 11.7 Å². The Kier molecular flexibility index (Phi) is 5.86. The smallest absolute Gasteiger partial charge is 0.225 e. The third kappa shape index (κ3) is 4.39. The maximum absolute atomic E-state index is 13.2. The quantitative estimate of drug-likeness (QED) is 0.681.